The average Bonchev–Trinajstić information content (AvgIpc) is 3.27. The summed E-state index contributed by atoms with van der Waals surface area (Å²) in [5, 5.41) is 5.63. The van der Waals surface area contributed by atoms with Crippen molar-refractivity contribution in [3.05, 3.63) is 45.4 Å². The Hall–Kier alpha value is -1.67. The Morgan fingerprint density at radius 3 is 2.88 bits per heavy atom. The number of carbonyl (C=O) groups is 2. The number of amides is 2. The van der Waals surface area contributed by atoms with Gasteiger partial charge in [-0.25, -0.2) is 4.98 Å². The van der Waals surface area contributed by atoms with Gasteiger partial charge < -0.3 is 15.0 Å². The molecule has 0 aliphatic carbocycles. The molecule has 1 aromatic carbocycles. The van der Waals surface area contributed by atoms with Crippen molar-refractivity contribution in [2.24, 2.45) is 0 Å². The molecule has 3 rings (SSSR count). The number of aromatic nitrogens is 1. The third kappa shape index (κ3) is 4.94. The summed E-state index contributed by atoms with van der Waals surface area (Å²) in [7, 11) is 0. The minimum Gasteiger partial charge on any atom is -0.376 e. The minimum absolute atomic E-state index is 0.0855. The summed E-state index contributed by atoms with van der Waals surface area (Å²) in [6.45, 7) is 0.875. The van der Waals surface area contributed by atoms with Gasteiger partial charge in [0.2, 0.25) is 5.91 Å². The molecule has 1 aromatic heterocycles. The molecule has 2 amide bonds. The lowest BCUT2D eigenvalue weighted by Gasteiger charge is -2.25. The number of carbonyl (C=O) groups excluding carboxylic acids is 2. The quantitative estimate of drug-likeness (QED) is 0.783. The van der Waals surface area contributed by atoms with E-state index in [0.717, 1.165) is 12.8 Å². The molecule has 2 aromatic rings. The molecule has 0 bridgehead atoms. The van der Waals surface area contributed by atoms with Gasteiger partial charge in [0.05, 0.1) is 16.7 Å². The van der Waals surface area contributed by atoms with Crippen LogP contribution in [0.15, 0.2) is 29.8 Å². The summed E-state index contributed by atoms with van der Waals surface area (Å²) in [6, 6.07) is 4.67. The Labute approximate surface area is 165 Å². The normalized spacial score (nSPS) is 16.5. The van der Waals surface area contributed by atoms with Crippen LogP contribution in [0.1, 0.15) is 23.2 Å². The van der Waals surface area contributed by atoms with Gasteiger partial charge in [-0.15, -0.1) is 11.3 Å². The molecule has 2 heterocycles. The van der Waals surface area contributed by atoms with Crippen LogP contribution >= 0.6 is 34.5 Å². The molecule has 6 nitrogen and oxygen atoms in total. The molecular formula is C17H17Cl2N3O3S. The van der Waals surface area contributed by atoms with Crippen LogP contribution < -0.4 is 5.32 Å². The molecule has 138 valence electrons. The predicted octanol–water partition coefficient (Wildman–Crippen LogP) is 3.71. The van der Waals surface area contributed by atoms with Crippen LogP contribution in [-0.4, -0.2) is 47.5 Å². The third-order valence-corrected chi connectivity index (χ3v) is 5.15. The van der Waals surface area contributed by atoms with Crippen molar-refractivity contribution in [2.75, 3.05) is 25.0 Å². The number of hydrogen-bond donors (Lipinski definition) is 1. The molecule has 26 heavy (non-hydrogen) atoms. The van der Waals surface area contributed by atoms with Crippen molar-refractivity contribution in [2.45, 2.75) is 18.9 Å². The summed E-state index contributed by atoms with van der Waals surface area (Å²) in [4.78, 5) is 30.8. The van der Waals surface area contributed by atoms with Crippen molar-refractivity contribution in [3.63, 3.8) is 0 Å². The Morgan fingerprint density at radius 1 is 1.38 bits per heavy atom. The molecule has 1 aliphatic heterocycles. The second-order valence-electron chi connectivity index (χ2n) is 5.83. The minimum atomic E-state index is -0.337. The summed E-state index contributed by atoms with van der Waals surface area (Å²) in [6.07, 6.45) is 3.31. The zero-order chi connectivity index (χ0) is 18.5. The maximum absolute atomic E-state index is 13.0. The van der Waals surface area contributed by atoms with Gasteiger partial charge in [-0.3, -0.25) is 9.59 Å². The first-order valence-corrected chi connectivity index (χ1v) is 9.72. The van der Waals surface area contributed by atoms with Crippen molar-refractivity contribution < 1.29 is 14.3 Å². The highest BCUT2D eigenvalue weighted by Gasteiger charge is 2.26. The van der Waals surface area contributed by atoms with Crippen LogP contribution in [0.5, 0.6) is 0 Å². The number of halogens is 2. The molecule has 1 aliphatic rings. The van der Waals surface area contributed by atoms with E-state index in [1.807, 2.05) is 0 Å². The fraction of sp³-hybridized carbons (Fsp3) is 0.353. The van der Waals surface area contributed by atoms with Crippen LogP contribution in [0.25, 0.3) is 0 Å². The number of anilines is 1. The molecule has 0 saturated carbocycles. The van der Waals surface area contributed by atoms with Crippen LogP contribution in [0.4, 0.5) is 5.13 Å². The van der Waals surface area contributed by atoms with Crippen LogP contribution in [0.2, 0.25) is 10.0 Å². The van der Waals surface area contributed by atoms with Crippen molar-refractivity contribution in [1.29, 1.82) is 0 Å². The van der Waals surface area contributed by atoms with Crippen LogP contribution in [-0.2, 0) is 9.53 Å². The van der Waals surface area contributed by atoms with Gasteiger partial charge in [0, 0.05) is 29.8 Å². The van der Waals surface area contributed by atoms with Gasteiger partial charge >= 0.3 is 0 Å². The first-order valence-electron chi connectivity index (χ1n) is 8.08. The Bertz CT molecular complexity index is 780. The Kier molecular flexibility index (Phi) is 6.48. The topological polar surface area (TPSA) is 71.5 Å². The maximum atomic E-state index is 13.0. The fourth-order valence-corrected chi connectivity index (χ4v) is 3.74. The SMILES string of the molecule is O=C(CN(CC1CCCO1)C(=O)c1ccc(Cl)cc1Cl)Nc1nccs1. The second-order valence-corrected chi connectivity index (χ2v) is 7.57. The Balaban J connectivity index is 1.75. The number of nitrogens with zero attached hydrogens (tertiary/aromatic N) is 2. The second kappa shape index (κ2) is 8.81. The van der Waals surface area contributed by atoms with Crippen LogP contribution in [0.3, 0.4) is 0 Å². The summed E-state index contributed by atoms with van der Waals surface area (Å²) >= 11 is 13.4. The third-order valence-electron chi connectivity index (χ3n) is 3.91. The van der Waals surface area contributed by atoms with Gasteiger partial charge in [0.15, 0.2) is 5.13 Å². The average molecular weight is 414 g/mol. The highest BCUT2D eigenvalue weighted by Crippen LogP contribution is 2.23. The molecule has 1 N–H and O–H groups in total. The molecule has 0 radical (unpaired) electrons. The van der Waals surface area contributed by atoms with Gasteiger partial charge in [-0.1, -0.05) is 23.2 Å². The standard InChI is InChI=1S/C17H17Cl2N3O3S/c18-11-3-4-13(14(19)8-11)16(24)22(9-12-2-1-6-25-12)10-15(23)21-17-20-5-7-26-17/h3-5,7-8,12H,1-2,6,9-10H2,(H,20,21,23). The predicted molar refractivity (Wildman–Crippen MR) is 102 cm³/mol. The van der Waals surface area contributed by atoms with E-state index in [9.17, 15) is 9.59 Å². The van der Waals surface area contributed by atoms with E-state index in [0.29, 0.717) is 28.9 Å². The number of benzene rings is 1. The summed E-state index contributed by atoms with van der Waals surface area (Å²) < 4.78 is 5.62. The largest absolute Gasteiger partial charge is 0.376 e. The lowest BCUT2D eigenvalue weighted by Crippen LogP contribution is -2.42. The highest BCUT2D eigenvalue weighted by atomic mass is 35.5. The summed E-state index contributed by atoms with van der Waals surface area (Å²) in [5.41, 5.74) is 0.302. The number of thiazole rings is 1. The van der Waals surface area contributed by atoms with Gasteiger partial charge in [0.1, 0.15) is 6.54 Å². The lowest BCUT2D eigenvalue weighted by atomic mass is 10.1. The number of hydrogen-bond acceptors (Lipinski definition) is 5. The molecule has 1 atom stereocenters. The van der Waals surface area contributed by atoms with E-state index < -0.39 is 0 Å². The molecule has 1 fully saturated rings. The van der Waals surface area contributed by atoms with Gasteiger partial charge in [0.25, 0.3) is 5.91 Å². The number of ether oxygens (including phenoxy) is 1. The summed E-state index contributed by atoms with van der Waals surface area (Å²) in [5.74, 6) is -0.659. The highest BCUT2D eigenvalue weighted by molar-refractivity contribution is 7.13. The maximum Gasteiger partial charge on any atom is 0.255 e. The van der Waals surface area contributed by atoms with Crippen molar-refractivity contribution in [1.82, 2.24) is 9.88 Å². The first kappa shape index (κ1) is 19.1. The van der Waals surface area contributed by atoms with E-state index in [4.69, 9.17) is 27.9 Å². The molecular weight excluding hydrogens is 397 g/mol. The van der Waals surface area contributed by atoms with Crippen LogP contribution in [0, 0.1) is 0 Å². The smallest absolute Gasteiger partial charge is 0.255 e. The van der Waals surface area contributed by atoms with E-state index in [2.05, 4.69) is 10.3 Å². The zero-order valence-corrected chi connectivity index (χ0v) is 16.1. The Morgan fingerprint density at radius 2 is 2.23 bits per heavy atom. The van der Waals surface area contributed by atoms with E-state index in [1.54, 1.807) is 23.7 Å². The van der Waals surface area contributed by atoms with E-state index in [-0.39, 0.29) is 29.5 Å². The number of nitrogens with one attached hydrogen (secondary N) is 1. The van der Waals surface area contributed by atoms with Gasteiger partial charge in [-0.2, -0.15) is 0 Å². The molecule has 9 heteroatoms. The van der Waals surface area contributed by atoms with Crippen molar-refractivity contribution in [3.8, 4) is 0 Å². The van der Waals surface area contributed by atoms with E-state index >= 15 is 0 Å². The molecule has 1 saturated heterocycles. The van der Waals surface area contributed by atoms with E-state index in [1.165, 1.54) is 22.3 Å². The molecule has 1 unspecified atom stereocenters. The van der Waals surface area contributed by atoms with Crippen molar-refractivity contribution >= 4 is 51.5 Å². The fourth-order valence-electron chi connectivity index (χ4n) is 2.70. The van der Waals surface area contributed by atoms with Gasteiger partial charge in [-0.05, 0) is 31.0 Å². The lowest BCUT2D eigenvalue weighted by molar-refractivity contribution is -0.117. The number of rotatable bonds is 6. The first-order chi connectivity index (χ1) is 12.5. The monoisotopic (exact) mass is 413 g/mol. The zero-order valence-electron chi connectivity index (χ0n) is 13.8. The molecule has 0 spiro atoms.